The standard InChI is InChI=1S/C11H27NO2Si/c1-6-11(12)8-9-15(5,13-7-2)14-10(3)4/h10-11H,6-9,12H2,1-5H3. The average molecular weight is 233 g/mol. The minimum atomic E-state index is -1.97. The Morgan fingerprint density at radius 2 is 1.87 bits per heavy atom. The van der Waals surface area contributed by atoms with Crippen molar-refractivity contribution in [3.63, 3.8) is 0 Å². The summed E-state index contributed by atoms with van der Waals surface area (Å²) in [5.41, 5.74) is 5.92. The van der Waals surface area contributed by atoms with E-state index in [0.29, 0.717) is 0 Å². The third kappa shape index (κ3) is 7.06. The van der Waals surface area contributed by atoms with Crippen molar-refractivity contribution in [1.82, 2.24) is 0 Å². The van der Waals surface area contributed by atoms with E-state index in [4.69, 9.17) is 14.6 Å². The minimum absolute atomic E-state index is 0.242. The Labute approximate surface area is 95.6 Å². The van der Waals surface area contributed by atoms with Gasteiger partial charge in [0.15, 0.2) is 0 Å². The average Bonchev–Trinajstić information content (AvgIpc) is 2.13. The summed E-state index contributed by atoms with van der Waals surface area (Å²) in [6.07, 6.45) is 2.27. The molecule has 0 aliphatic carbocycles. The summed E-state index contributed by atoms with van der Waals surface area (Å²) in [5.74, 6) is 0. The topological polar surface area (TPSA) is 44.5 Å². The fourth-order valence-corrected chi connectivity index (χ4v) is 4.45. The smallest absolute Gasteiger partial charge is 0.335 e. The second kappa shape index (κ2) is 7.38. The Bertz CT molecular complexity index is 167. The van der Waals surface area contributed by atoms with Crippen molar-refractivity contribution in [2.45, 2.75) is 65.3 Å². The van der Waals surface area contributed by atoms with Gasteiger partial charge >= 0.3 is 8.56 Å². The fraction of sp³-hybridized carbons (Fsp3) is 1.00. The van der Waals surface area contributed by atoms with Crippen LogP contribution in [-0.4, -0.2) is 27.3 Å². The first kappa shape index (κ1) is 15.1. The summed E-state index contributed by atoms with van der Waals surface area (Å²) < 4.78 is 11.7. The van der Waals surface area contributed by atoms with E-state index in [1.165, 1.54) is 0 Å². The maximum Gasteiger partial charge on any atom is 0.335 e. The number of hydrogen-bond acceptors (Lipinski definition) is 3. The van der Waals surface area contributed by atoms with Gasteiger partial charge in [-0.25, -0.2) is 0 Å². The molecule has 4 heteroatoms. The number of rotatable bonds is 8. The second-order valence-electron chi connectivity index (χ2n) is 4.44. The van der Waals surface area contributed by atoms with Gasteiger partial charge in [-0.1, -0.05) is 6.92 Å². The van der Waals surface area contributed by atoms with Gasteiger partial charge in [0.2, 0.25) is 0 Å². The summed E-state index contributed by atoms with van der Waals surface area (Å²) in [6, 6.07) is 1.28. The van der Waals surface area contributed by atoms with Crippen molar-refractivity contribution in [2.24, 2.45) is 5.73 Å². The lowest BCUT2D eigenvalue weighted by Gasteiger charge is -2.29. The van der Waals surface area contributed by atoms with E-state index in [0.717, 1.165) is 25.5 Å². The molecular weight excluding hydrogens is 206 g/mol. The zero-order valence-electron chi connectivity index (χ0n) is 10.9. The molecule has 0 fully saturated rings. The first-order valence-corrected chi connectivity index (χ1v) is 8.53. The van der Waals surface area contributed by atoms with Crippen molar-refractivity contribution in [2.75, 3.05) is 6.61 Å². The second-order valence-corrected chi connectivity index (χ2v) is 7.73. The third-order valence-electron chi connectivity index (χ3n) is 2.43. The van der Waals surface area contributed by atoms with Crippen LogP contribution in [0.3, 0.4) is 0 Å². The van der Waals surface area contributed by atoms with E-state index in [1.807, 2.05) is 6.92 Å². The highest BCUT2D eigenvalue weighted by Gasteiger charge is 2.32. The molecule has 2 atom stereocenters. The van der Waals surface area contributed by atoms with E-state index in [1.54, 1.807) is 0 Å². The van der Waals surface area contributed by atoms with E-state index >= 15 is 0 Å². The van der Waals surface area contributed by atoms with Crippen LogP contribution in [0.5, 0.6) is 0 Å². The molecule has 0 heterocycles. The van der Waals surface area contributed by atoms with Gasteiger partial charge in [0.25, 0.3) is 0 Å². The highest BCUT2D eigenvalue weighted by Crippen LogP contribution is 2.19. The van der Waals surface area contributed by atoms with Crippen LogP contribution in [0.2, 0.25) is 12.6 Å². The molecule has 92 valence electrons. The quantitative estimate of drug-likeness (QED) is 0.656. The van der Waals surface area contributed by atoms with Gasteiger partial charge in [-0.2, -0.15) is 0 Å². The lowest BCUT2D eigenvalue weighted by atomic mass is 10.2. The third-order valence-corrected chi connectivity index (χ3v) is 5.49. The van der Waals surface area contributed by atoms with Crippen LogP contribution < -0.4 is 5.73 Å². The highest BCUT2D eigenvalue weighted by atomic mass is 28.4. The van der Waals surface area contributed by atoms with Gasteiger partial charge in [-0.05, 0) is 46.2 Å². The summed E-state index contributed by atoms with van der Waals surface area (Å²) in [5, 5.41) is 0. The summed E-state index contributed by atoms with van der Waals surface area (Å²) >= 11 is 0. The van der Waals surface area contributed by atoms with Crippen LogP contribution in [0.4, 0.5) is 0 Å². The van der Waals surface area contributed by atoms with Crippen molar-refractivity contribution in [1.29, 1.82) is 0 Å². The molecule has 0 aliphatic heterocycles. The van der Waals surface area contributed by atoms with Gasteiger partial charge in [0.1, 0.15) is 0 Å². The Kier molecular flexibility index (Phi) is 7.43. The monoisotopic (exact) mass is 233 g/mol. The SMILES string of the molecule is CCO[Si](C)(CCC(N)CC)OC(C)C. The number of nitrogens with two attached hydrogens (primary N) is 1. The molecule has 2 unspecified atom stereocenters. The van der Waals surface area contributed by atoms with Crippen molar-refractivity contribution in [3.8, 4) is 0 Å². The predicted octanol–water partition coefficient (Wildman–Crippen LogP) is 2.65. The van der Waals surface area contributed by atoms with Gasteiger partial charge in [-0.3, -0.25) is 0 Å². The Morgan fingerprint density at radius 3 is 2.27 bits per heavy atom. The highest BCUT2D eigenvalue weighted by molar-refractivity contribution is 6.66. The van der Waals surface area contributed by atoms with E-state index in [9.17, 15) is 0 Å². The number of hydrogen-bond donors (Lipinski definition) is 1. The van der Waals surface area contributed by atoms with Crippen molar-refractivity contribution in [3.05, 3.63) is 0 Å². The van der Waals surface area contributed by atoms with Crippen LogP contribution in [0.1, 0.15) is 40.5 Å². The summed E-state index contributed by atoms with van der Waals surface area (Å²) in [7, 11) is -1.97. The molecule has 0 aromatic rings. The molecule has 2 N–H and O–H groups in total. The van der Waals surface area contributed by atoms with Crippen LogP contribution in [0.15, 0.2) is 0 Å². The lowest BCUT2D eigenvalue weighted by molar-refractivity contribution is 0.140. The zero-order chi connectivity index (χ0) is 11.9. The van der Waals surface area contributed by atoms with E-state index in [-0.39, 0.29) is 12.1 Å². The molecule has 0 spiro atoms. The van der Waals surface area contributed by atoms with Crippen molar-refractivity contribution < 1.29 is 8.85 Å². The van der Waals surface area contributed by atoms with E-state index < -0.39 is 8.56 Å². The molecule has 0 saturated carbocycles. The van der Waals surface area contributed by atoms with Gasteiger partial charge in [-0.15, -0.1) is 0 Å². The molecule has 15 heavy (non-hydrogen) atoms. The van der Waals surface area contributed by atoms with E-state index in [2.05, 4.69) is 27.3 Å². The summed E-state index contributed by atoms with van der Waals surface area (Å²) in [6.45, 7) is 11.1. The van der Waals surface area contributed by atoms with Crippen LogP contribution >= 0.6 is 0 Å². The maximum absolute atomic E-state index is 5.93. The van der Waals surface area contributed by atoms with Crippen LogP contribution in [0, 0.1) is 0 Å². The Hall–Kier alpha value is 0.0969. The van der Waals surface area contributed by atoms with Gasteiger partial charge < -0.3 is 14.6 Å². The lowest BCUT2D eigenvalue weighted by Crippen LogP contribution is -2.42. The maximum atomic E-state index is 5.93. The molecule has 0 radical (unpaired) electrons. The summed E-state index contributed by atoms with van der Waals surface area (Å²) in [4.78, 5) is 0. The minimum Gasteiger partial charge on any atom is -0.395 e. The molecule has 0 rings (SSSR count). The van der Waals surface area contributed by atoms with Crippen LogP contribution in [0.25, 0.3) is 0 Å². The first-order valence-electron chi connectivity index (χ1n) is 6.00. The largest absolute Gasteiger partial charge is 0.395 e. The fourth-order valence-electron chi connectivity index (χ4n) is 1.62. The van der Waals surface area contributed by atoms with Gasteiger partial charge in [0, 0.05) is 18.8 Å². The van der Waals surface area contributed by atoms with Crippen LogP contribution in [-0.2, 0) is 8.85 Å². The molecule has 0 saturated heterocycles. The molecule has 0 aliphatic rings. The molecule has 3 nitrogen and oxygen atoms in total. The Morgan fingerprint density at radius 1 is 1.27 bits per heavy atom. The predicted molar refractivity (Wildman–Crippen MR) is 67.2 cm³/mol. The van der Waals surface area contributed by atoms with Gasteiger partial charge in [0.05, 0.1) is 0 Å². The van der Waals surface area contributed by atoms with Crippen molar-refractivity contribution >= 4 is 8.56 Å². The zero-order valence-corrected chi connectivity index (χ0v) is 11.9. The molecule has 0 aromatic carbocycles. The molecule has 0 bridgehead atoms. The molecular formula is C11H27NO2Si. The Balaban J connectivity index is 4.11. The normalized spacial score (nSPS) is 17.8. The first-order chi connectivity index (χ1) is 6.93. The molecule has 0 aromatic heterocycles. The molecule has 0 amide bonds.